The Kier molecular flexibility index (Phi) is 3.78. The summed E-state index contributed by atoms with van der Waals surface area (Å²) in [5, 5.41) is 0. The van der Waals surface area contributed by atoms with E-state index >= 15 is 0 Å². The Bertz CT molecular complexity index is 691. The summed E-state index contributed by atoms with van der Waals surface area (Å²) in [6.07, 6.45) is 0.750. The van der Waals surface area contributed by atoms with Crippen LogP contribution in [0.15, 0.2) is 53.4 Å². The van der Waals surface area contributed by atoms with Gasteiger partial charge in [-0.05, 0) is 18.7 Å². The molecule has 19 heavy (non-hydrogen) atoms. The molecule has 0 spiro atoms. The molecule has 0 bridgehead atoms. The fraction of sp³-hybridized carbons (Fsp3) is 0.0714. The van der Waals surface area contributed by atoms with Gasteiger partial charge in [-0.2, -0.15) is 0 Å². The van der Waals surface area contributed by atoms with E-state index in [1.807, 2.05) is 0 Å². The SMILES string of the molecule is CNS(=O)(=O)c1ccccc1-c1ccc(C=O)cc1. The number of rotatable bonds is 4. The van der Waals surface area contributed by atoms with Crippen LogP contribution in [-0.2, 0) is 10.0 Å². The standard InChI is InChI=1S/C14H13NO3S/c1-15-19(17,18)14-5-3-2-4-13(14)12-8-6-11(10-16)7-9-12/h2-10,15H,1H3. The van der Waals surface area contributed by atoms with Gasteiger partial charge in [-0.1, -0.05) is 42.5 Å². The molecular weight excluding hydrogens is 262 g/mol. The molecule has 0 radical (unpaired) electrons. The molecular formula is C14H13NO3S. The zero-order chi connectivity index (χ0) is 13.9. The number of carbonyl (C=O) groups is 1. The lowest BCUT2D eigenvalue weighted by Gasteiger charge is -2.09. The van der Waals surface area contributed by atoms with Crippen molar-refractivity contribution < 1.29 is 13.2 Å². The molecule has 2 rings (SSSR count). The molecule has 98 valence electrons. The van der Waals surface area contributed by atoms with Crippen molar-refractivity contribution in [2.75, 3.05) is 7.05 Å². The second kappa shape index (κ2) is 5.34. The molecule has 0 aliphatic rings. The van der Waals surface area contributed by atoms with Gasteiger partial charge in [0.05, 0.1) is 4.90 Å². The highest BCUT2D eigenvalue weighted by Gasteiger charge is 2.16. The zero-order valence-electron chi connectivity index (χ0n) is 10.3. The van der Waals surface area contributed by atoms with Crippen LogP contribution in [0.3, 0.4) is 0 Å². The second-order valence-electron chi connectivity index (χ2n) is 3.94. The van der Waals surface area contributed by atoms with Crippen molar-refractivity contribution in [2.45, 2.75) is 4.90 Å². The minimum Gasteiger partial charge on any atom is -0.298 e. The van der Waals surface area contributed by atoms with Gasteiger partial charge in [-0.25, -0.2) is 13.1 Å². The van der Waals surface area contributed by atoms with Crippen molar-refractivity contribution >= 4 is 16.3 Å². The molecule has 4 nitrogen and oxygen atoms in total. The van der Waals surface area contributed by atoms with Crippen molar-refractivity contribution in [3.63, 3.8) is 0 Å². The summed E-state index contributed by atoms with van der Waals surface area (Å²) in [7, 11) is -2.14. The third-order valence-corrected chi connectivity index (χ3v) is 4.28. The maximum absolute atomic E-state index is 12.0. The van der Waals surface area contributed by atoms with E-state index in [9.17, 15) is 13.2 Å². The summed E-state index contributed by atoms with van der Waals surface area (Å²) in [5.74, 6) is 0. The Morgan fingerprint density at radius 3 is 2.21 bits per heavy atom. The fourth-order valence-electron chi connectivity index (χ4n) is 1.79. The number of nitrogens with one attached hydrogen (secondary N) is 1. The van der Waals surface area contributed by atoms with E-state index in [0.717, 1.165) is 11.8 Å². The van der Waals surface area contributed by atoms with Crippen molar-refractivity contribution in [1.82, 2.24) is 4.72 Å². The molecule has 0 aliphatic carbocycles. The summed E-state index contributed by atoms with van der Waals surface area (Å²) < 4.78 is 26.2. The third kappa shape index (κ3) is 2.72. The Labute approximate surface area is 112 Å². The maximum atomic E-state index is 12.0. The highest BCUT2D eigenvalue weighted by atomic mass is 32.2. The summed E-state index contributed by atoms with van der Waals surface area (Å²) >= 11 is 0. The first kappa shape index (κ1) is 13.5. The van der Waals surface area contributed by atoms with Crippen LogP contribution in [0.5, 0.6) is 0 Å². The number of hydrogen-bond acceptors (Lipinski definition) is 3. The molecule has 0 saturated carbocycles. The largest absolute Gasteiger partial charge is 0.298 e. The molecule has 0 atom stereocenters. The summed E-state index contributed by atoms with van der Waals surface area (Å²) in [4.78, 5) is 10.8. The lowest BCUT2D eigenvalue weighted by molar-refractivity contribution is 0.112. The topological polar surface area (TPSA) is 63.2 Å². The van der Waals surface area contributed by atoms with E-state index in [-0.39, 0.29) is 4.90 Å². The summed E-state index contributed by atoms with van der Waals surface area (Å²) in [5.41, 5.74) is 1.91. The first-order valence-corrected chi connectivity index (χ1v) is 7.15. The van der Waals surface area contributed by atoms with Crippen molar-refractivity contribution in [3.05, 3.63) is 54.1 Å². The van der Waals surface area contributed by atoms with Crippen molar-refractivity contribution in [1.29, 1.82) is 0 Å². The summed E-state index contributed by atoms with van der Waals surface area (Å²) in [6.45, 7) is 0. The average molecular weight is 275 g/mol. The van der Waals surface area contributed by atoms with Gasteiger partial charge in [0.25, 0.3) is 0 Å². The van der Waals surface area contributed by atoms with Gasteiger partial charge >= 0.3 is 0 Å². The molecule has 0 amide bonds. The molecule has 5 heteroatoms. The van der Waals surface area contributed by atoms with Gasteiger partial charge in [-0.15, -0.1) is 0 Å². The first-order chi connectivity index (χ1) is 9.08. The minimum absolute atomic E-state index is 0.219. The lowest BCUT2D eigenvalue weighted by Crippen LogP contribution is -2.19. The zero-order valence-corrected chi connectivity index (χ0v) is 11.1. The third-order valence-electron chi connectivity index (χ3n) is 2.80. The molecule has 0 heterocycles. The number of hydrogen-bond donors (Lipinski definition) is 1. The molecule has 0 aliphatic heterocycles. The smallest absolute Gasteiger partial charge is 0.240 e. The molecule has 1 N–H and O–H groups in total. The highest BCUT2D eigenvalue weighted by Crippen LogP contribution is 2.27. The van der Waals surface area contributed by atoms with Crippen LogP contribution in [-0.4, -0.2) is 21.8 Å². The van der Waals surface area contributed by atoms with Crippen LogP contribution in [0, 0.1) is 0 Å². The Morgan fingerprint density at radius 1 is 1.00 bits per heavy atom. The van der Waals surface area contributed by atoms with Gasteiger partial charge in [0.2, 0.25) is 10.0 Å². The van der Waals surface area contributed by atoms with Crippen LogP contribution < -0.4 is 4.72 Å². The predicted molar refractivity (Wildman–Crippen MR) is 73.5 cm³/mol. The van der Waals surface area contributed by atoms with E-state index < -0.39 is 10.0 Å². The maximum Gasteiger partial charge on any atom is 0.240 e. The van der Waals surface area contributed by atoms with E-state index in [0.29, 0.717) is 11.1 Å². The van der Waals surface area contributed by atoms with E-state index in [4.69, 9.17) is 0 Å². The van der Waals surface area contributed by atoms with E-state index in [1.165, 1.54) is 7.05 Å². The molecule has 2 aromatic carbocycles. The van der Waals surface area contributed by atoms with Crippen LogP contribution in [0.25, 0.3) is 11.1 Å². The predicted octanol–water partition coefficient (Wildman–Crippen LogP) is 2.07. The molecule has 2 aromatic rings. The quantitative estimate of drug-likeness (QED) is 0.869. The van der Waals surface area contributed by atoms with Gasteiger partial charge in [-0.3, -0.25) is 4.79 Å². The monoisotopic (exact) mass is 275 g/mol. The van der Waals surface area contributed by atoms with Gasteiger partial charge in [0.1, 0.15) is 6.29 Å². The van der Waals surface area contributed by atoms with Crippen molar-refractivity contribution in [2.24, 2.45) is 0 Å². The number of sulfonamides is 1. The van der Waals surface area contributed by atoms with Crippen LogP contribution in [0.4, 0.5) is 0 Å². The fourth-order valence-corrected chi connectivity index (χ4v) is 2.74. The molecule has 0 saturated heterocycles. The molecule has 0 fully saturated rings. The van der Waals surface area contributed by atoms with E-state index in [1.54, 1.807) is 48.5 Å². The van der Waals surface area contributed by atoms with Gasteiger partial charge in [0, 0.05) is 11.1 Å². The second-order valence-corrected chi connectivity index (χ2v) is 5.80. The van der Waals surface area contributed by atoms with Crippen LogP contribution >= 0.6 is 0 Å². The normalized spacial score (nSPS) is 11.2. The number of carbonyl (C=O) groups excluding carboxylic acids is 1. The molecule has 0 unspecified atom stereocenters. The Hall–Kier alpha value is -1.98. The van der Waals surface area contributed by atoms with Crippen molar-refractivity contribution in [3.8, 4) is 11.1 Å². The van der Waals surface area contributed by atoms with Gasteiger partial charge in [0.15, 0.2) is 0 Å². The summed E-state index contributed by atoms with van der Waals surface area (Å²) in [6, 6.07) is 13.5. The average Bonchev–Trinajstić information content (AvgIpc) is 2.47. The van der Waals surface area contributed by atoms with E-state index in [2.05, 4.69) is 4.72 Å². The molecule has 0 aromatic heterocycles. The van der Waals surface area contributed by atoms with Crippen LogP contribution in [0.2, 0.25) is 0 Å². The minimum atomic E-state index is -3.51. The Balaban J connectivity index is 2.59. The number of benzene rings is 2. The Morgan fingerprint density at radius 2 is 1.63 bits per heavy atom. The first-order valence-electron chi connectivity index (χ1n) is 5.66. The highest BCUT2D eigenvalue weighted by molar-refractivity contribution is 7.89. The lowest BCUT2D eigenvalue weighted by atomic mass is 10.0. The van der Waals surface area contributed by atoms with Crippen LogP contribution in [0.1, 0.15) is 10.4 Å². The number of aldehydes is 1. The van der Waals surface area contributed by atoms with Gasteiger partial charge < -0.3 is 0 Å².